The SMILES string of the molecule is CCn1c(C2CCN(C(=O)Cc3ccc([N+](=O)[O-])cc3)CC2)nn(Cc2ccccc2)c1=O. The zero-order valence-corrected chi connectivity index (χ0v) is 18.6. The standard InChI is InChI=1S/C24H27N5O4/c1-2-27-23(25-28(24(27)31)17-19-6-4-3-5-7-19)20-12-14-26(15-13-20)22(30)16-18-8-10-21(11-9-18)29(32)33/h3-11,20H,2,12-17H2,1H3. The van der Waals surface area contributed by atoms with E-state index >= 15 is 0 Å². The first-order chi connectivity index (χ1) is 16.0. The van der Waals surface area contributed by atoms with Crippen LogP contribution in [0.4, 0.5) is 5.69 Å². The first-order valence-electron chi connectivity index (χ1n) is 11.2. The summed E-state index contributed by atoms with van der Waals surface area (Å²) in [5, 5.41) is 15.5. The second-order valence-corrected chi connectivity index (χ2v) is 8.28. The molecule has 1 aliphatic heterocycles. The summed E-state index contributed by atoms with van der Waals surface area (Å²) in [5.74, 6) is 0.920. The van der Waals surface area contributed by atoms with Gasteiger partial charge in [-0.15, -0.1) is 0 Å². The highest BCUT2D eigenvalue weighted by atomic mass is 16.6. The Bertz CT molecular complexity index is 1180. The maximum Gasteiger partial charge on any atom is 0.346 e. The topological polar surface area (TPSA) is 103 Å². The lowest BCUT2D eigenvalue weighted by molar-refractivity contribution is -0.384. The number of carbonyl (C=O) groups is 1. The highest BCUT2D eigenvalue weighted by Gasteiger charge is 2.28. The molecule has 1 aromatic heterocycles. The molecule has 33 heavy (non-hydrogen) atoms. The lowest BCUT2D eigenvalue weighted by atomic mass is 9.95. The highest BCUT2D eigenvalue weighted by molar-refractivity contribution is 5.79. The molecule has 1 saturated heterocycles. The van der Waals surface area contributed by atoms with Crippen molar-refractivity contribution in [1.29, 1.82) is 0 Å². The predicted octanol–water partition coefficient (Wildman–Crippen LogP) is 2.97. The van der Waals surface area contributed by atoms with Crippen LogP contribution in [0.1, 0.15) is 42.6 Å². The number of aromatic nitrogens is 3. The maximum absolute atomic E-state index is 12.9. The molecule has 1 aliphatic rings. The van der Waals surface area contributed by atoms with Crippen LogP contribution in [0, 0.1) is 10.1 Å². The highest BCUT2D eigenvalue weighted by Crippen LogP contribution is 2.27. The number of nitrogens with zero attached hydrogens (tertiary/aromatic N) is 5. The third-order valence-corrected chi connectivity index (χ3v) is 6.16. The van der Waals surface area contributed by atoms with Gasteiger partial charge in [0, 0.05) is 37.7 Å². The Morgan fingerprint density at radius 3 is 2.33 bits per heavy atom. The van der Waals surface area contributed by atoms with Gasteiger partial charge in [-0.2, -0.15) is 5.10 Å². The predicted molar refractivity (Wildman–Crippen MR) is 123 cm³/mol. The molecule has 0 atom stereocenters. The number of piperidine rings is 1. The fraction of sp³-hybridized carbons (Fsp3) is 0.375. The second-order valence-electron chi connectivity index (χ2n) is 8.28. The number of nitro groups is 1. The molecule has 1 fully saturated rings. The molecule has 0 unspecified atom stereocenters. The van der Waals surface area contributed by atoms with E-state index in [2.05, 4.69) is 5.10 Å². The summed E-state index contributed by atoms with van der Waals surface area (Å²) in [7, 11) is 0. The van der Waals surface area contributed by atoms with Gasteiger partial charge in [0.1, 0.15) is 5.82 Å². The van der Waals surface area contributed by atoms with E-state index in [0.717, 1.165) is 29.8 Å². The Morgan fingerprint density at radius 1 is 1.06 bits per heavy atom. The van der Waals surface area contributed by atoms with E-state index in [-0.39, 0.29) is 29.6 Å². The van der Waals surface area contributed by atoms with Crippen molar-refractivity contribution in [2.75, 3.05) is 13.1 Å². The Labute approximate surface area is 191 Å². The zero-order chi connectivity index (χ0) is 23.4. The Morgan fingerprint density at radius 2 is 1.73 bits per heavy atom. The Hall–Kier alpha value is -3.75. The van der Waals surface area contributed by atoms with Crippen molar-refractivity contribution < 1.29 is 9.72 Å². The minimum atomic E-state index is -0.451. The van der Waals surface area contributed by atoms with E-state index in [1.54, 1.807) is 16.7 Å². The minimum absolute atomic E-state index is 0.00444. The van der Waals surface area contributed by atoms with Crippen LogP contribution < -0.4 is 5.69 Å². The number of hydrogen-bond acceptors (Lipinski definition) is 5. The molecule has 0 radical (unpaired) electrons. The summed E-state index contributed by atoms with van der Waals surface area (Å²) in [6.45, 7) is 4.14. The van der Waals surface area contributed by atoms with Gasteiger partial charge in [-0.3, -0.25) is 19.5 Å². The van der Waals surface area contributed by atoms with Crippen LogP contribution in [0.15, 0.2) is 59.4 Å². The van der Waals surface area contributed by atoms with Crippen molar-refractivity contribution in [3.05, 3.63) is 92.1 Å². The van der Waals surface area contributed by atoms with Gasteiger partial charge >= 0.3 is 5.69 Å². The normalized spacial score (nSPS) is 14.4. The van der Waals surface area contributed by atoms with E-state index in [4.69, 9.17) is 0 Å². The van der Waals surface area contributed by atoms with Gasteiger partial charge in [-0.25, -0.2) is 9.48 Å². The van der Waals surface area contributed by atoms with Gasteiger partial charge in [-0.1, -0.05) is 42.5 Å². The monoisotopic (exact) mass is 449 g/mol. The zero-order valence-electron chi connectivity index (χ0n) is 18.6. The minimum Gasteiger partial charge on any atom is -0.342 e. The van der Waals surface area contributed by atoms with Crippen LogP contribution in [0.25, 0.3) is 0 Å². The van der Waals surface area contributed by atoms with Crippen molar-refractivity contribution in [3.8, 4) is 0 Å². The van der Waals surface area contributed by atoms with Crippen LogP contribution in [-0.2, 0) is 24.3 Å². The molecule has 0 aliphatic carbocycles. The van der Waals surface area contributed by atoms with Gasteiger partial charge in [0.05, 0.1) is 17.9 Å². The molecule has 2 aromatic carbocycles. The fourth-order valence-electron chi connectivity index (χ4n) is 4.33. The average molecular weight is 450 g/mol. The molecule has 9 heteroatoms. The van der Waals surface area contributed by atoms with E-state index in [0.29, 0.717) is 26.2 Å². The van der Waals surface area contributed by atoms with E-state index < -0.39 is 4.92 Å². The number of carbonyl (C=O) groups excluding carboxylic acids is 1. The quantitative estimate of drug-likeness (QED) is 0.408. The number of benzene rings is 2. The molecule has 9 nitrogen and oxygen atoms in total. The first-order valence-corrected chi connectivity index (χ1v) is 11.2. The van der Waals surface area contributed by atoms with E-state index in [9.17, 15) is 19.7 Å². The summed E-state index contributed by atoms with van der Waals surface area (Å²) >= 11 is 0. The number of non-ortho nitro benzene ring substituents is 1. The van der Waals surface area contributed by atoms with Crippen molar-refractivity contribution >= 4 is 11.6 Å². The number of amides is 1. The van der Waals surface area contributed by atoms with Crippen LogP contribution in [0.2, 0.25) is 0 Å². The van der Waals surface area contributed by atoms with Crippen molar-refractivity contribution in [2.24, 2.45) is 0 Å². The molecule has 0 bridgehead atoms. The number of hydrogen-bond donors (Lipinski definition) is 0. The van der Waals surface area contributed by atoms with Crippen LogP contribution >= 0.6 is 0 Å². The third kappa shape index (κ3) is 5.02. The molecule has 0 saturated carbocycles. The van der Waals surface area contributed by atoms with Crippen LogP contribution in [0.5, 0.6) is 0 Å². The Kier molecular flexibility index (Phi) is 6.67. The van der Waals surface area contributed by atoms with Gasteiger partial charge in [0.15, 0.2) is 0 Å². The third-order valence-electron chi connectivity index (χ3n) is 6.16. The fourth-order valence-corrected chi connectivity index (χ4v) is 4.33. The van der Waals surface area contributed by atoms with Gasteiger partial charge in [0.25, 0.3) is 5.69 Å². The van der Waals surface area contributed by atoms with Crippen LogP contribution in [-0.4, -0.2) is 43.2 Å². The van der Waals surface area contributed by atoms with Crippen LogP contribution in [0.3, 0.4) is 0 Å². The number of likely N-dealkylation sites (tertiary alicyclic amines) is 1. The van der Waals surface area contributed by atoms with Gasteiger partial charge in [-0.05, 0) is 30.9 Å². The van der Waals surface area contributed by atoms with E-state index in [1.807, 2.05) is 42.2 Å². The molecule has 0 N–H and O–H groups in total. The molecule has 2 heterocycles. The maximum atomic E-state index is 12.9. The lowest BCUT2D eigenvalue weighted by Gasteiger charge is -2.31. The molecule has 3 aromatic rings. The van der Waals surface area contributed by atoms with Crippen molar-refractivity contribution in [1.82, 2.24) is 19.2 Å². The smallest absolute Gasteiger partial charge is 0.342 e. The van der Waals surface area contributed by atoms with E-state index in [1.165, 1.54) is 16.8 Å². The first kappa shape index (κ1) is 22.4. The number of nitro benzene ring substituents is 1. The molecule has 1 amide bonds. The molecule has 4 rings (SSSR count). The summed E-state index contributed by atoms with van der Waals surface area (Å²) in [6, 6.07) is 15.9. The second kappa shape index (κ2) is 9.81. The molecule has 0 spiro atoms. The largest absolute Gasteiger partial charge is 0.346 e. The Balaban J connectivity index is 1.40. The molecular formula is C24H27N5O4. The number of rotatable bonds is 7. The lowest BCUT2D eigenvalue weighted by Crippen LogP contribution is -2.39. The summed E-state index contributed by atoms with van der Waals surface area (Å²) < 4.78 is 3.27. The van der Waals surface area contributed by atoms with Crippen molar-refractivity contribution in [2.45, 2.75) is 45.2 Å². The summed E-state index contributed by atoms with van der Waals surface area (Å²) in [4.78, 5) is 37.8. The summed E-state index contributed by atoms with van der Waals surface area (Å²) in [5.41, 5.74) is 1.69. The average Bonchev–Trinajstić information content (AvgIpc) is 3.15. The van der Waals surface area contributed by atoms with Gasteiger partial charge < -0.3 is 4.90 Å². The van der Waals surface area contributed by atoms with Gasteiger partial charge in [0.2, 0.25) is 5.91 Å². The molecular weight excluding hydrogens is 422 g/mol. The van der Waals surface area contributed by atoms with Crippen molar-refractivity contribution in [3.63, 3.8) is 0 Å². The molecule has 172 valence electrons. The summed E-state index contributed by atoms with van der Waals surface area (Å²) in [6.07, 6.45) is 1.70.